The molecule has 36 heavy (non-hydrogen) atoms. The number of unbranched alkanes of at least 4 members (excludes halogenated alkanes) is 9. The van der Waals surface area contributed by atoms with E-state index in [2.05, 4.69) is 28.2 Å². The second-order valence-electron chi connectivity index (χ2n) is 8.99. The van der Waals surface area contributed by atoms with Crippen LogP contribution in [0.4, 0.5) is 13.2 Å². The Morgan fingerprint density at radius 1 is 0.972 bits per heavy atom. The van der Waals surface area contributed by atoms with E-state index in [1.165, 1.54) is 51.0 Å². The van der Waals surface area contributed by atoms with E-state index in [4.69, 9.17) is 10.5 Å². The van der Waals surface area contributed by atoms with Gasteiger partial charge in [-0.2, -0.15) is 13.2 Å². The highest BCUT2D eigenvalue weighted by Gasteiger charge is 2.31. The highest BCUT2D eigenvalue weighted by atomic mass is 79.9. The van der Waals surface area contributed by atoms with Crippen LogP contribution in [0.2, 0.25) is 0 Å². The summed E-state index contributed by atoms with van der Waals surface area (Å²) in [5.41, 5.74) is 5.84. The summed E-state index contributed by atoms with van der Waals surface area (Å²) in [5, 5.41) is 2.93. The van der Waals surface area contributed by atoms with Gasteiger partial charge in [0.1, 0.15) is 12.4 Å². The number of hydrogen-bond donors (Lipinski definition) is 2. The fourth-order valence-electron chi connectivity index (χ4n) is 4.03. The summed E-state index contributed by atoms with van der Waals surface area (Å²) in [6.45, 7) is 3.21. The van der Waals surface area contributed by atoms with E-state index in [0.717, 1.165) is 31.4 Å². The van der Waals surface area contributed by atoms with Crippen molar-refractivity contribution in [3.8, 4) is 16.9 Å². The van der Waals surface area contributed by atoms with Crippen LogP contribution in [0, 0.1) is 0 Å². The van der Waals surface area contributed by atoms with Crippen LogP contribution in [0.15, 0.2) is 40.9 Å². The van der Waals surface area contributed by atoms with Crippen molar-refractivity contribution in [1.82, 2.24) is 5.32 Å². The minimum atomic E-state index is -4.48. The fraction of sp³-hybridized carbons (Fsp3) is 0.536. The molecule has 0 aliphatic heterocycles. The molecule has 2 rings (SSSR count). The van der Waals surface area contributed by atoms with Crippen molar-refractivity contribution < 1.29 is 22.7 Å². The third-order valence-electron chi connectivity index (χ3n) is 5.99. The molecule has 0 aliphatic carbocycles. The van der Waals surface area contributed by atoms with Crippen LogP contribution in [0.1, 0.15) is 87.1 Å². The van der Waals surface area contributed by atoms with Crippen LogP contribution in [0.25, 0.3) is 11.1 Å². The Bertz CT molecular complexity index is 951. The van der Waals surface area contributed by atoms with E-state index < -0.39 is 11.7 Å². The Kier molecular flexibility index (Phi) is 13.3. The highest BCUT2D eigenvalue weighted by Crippen LogP contribution is 2.40. The SMILES string of the molecule is CCCCCCCCCCCCNC(=O)c1cc(Br)c(OCCN)c(-c2cccc(C(F)(F)F)c2)c1. The van der Waals surface area contributed by atoms with Gasteiger partial charge in [0.15, 0.2) is 0 Å². The predicted octanol–water partition coefficient (Wildman–Crippen LogP) is 8.12. The average Bonchev–Trinajstić information content (AvgIpc) is 2.85. The largest absolute Gasteiger partial charge is 0.490 e. The number of carbonyl (C=O) groups is 1. The second-order valence-corrected chi connectivity index (χ2v) is 9.84. The molecule has 0 aliphatic rings. The molecule has 0 spiro atoms. The van der Waals surface area contributed by atoms with E-state index in [9.17, 15) is 18.0 Å². The van der Waals surface area contributed by atoms with Crippen LogP contribution in [-0.2, 0) is 6.18 Å². The molecular formula is C28H38BrF3N2O2. The van der Waals surface area contributed by atoms with Crippen LogP contribution < -0.4 is 15.8 Å². The van der Waals surface area contributed by atoms with Gasteiger partial charge >= 0.3 is 6.18 Å². The van der Waals surface area contributed by atoms with Crippen molar-refractivity contribution in [3.63, 3.8) is 0 Å². The van der Waals surface area contributed by atoms with Gasteiger partial charge in [-0.3, -0.25) is 4.79 Å². The lowest BCUT2D eigenvalue weighted by atomic mass is 9.99. The van der Waals surface area contributed by atoms with Crippen molar-refractivity contribution in [2.45, 2.75) is 77.3 Å². The first-order valence-corrected chi connectivity index (χ1v) is 13.7. The Morgan fingerprint density at radius 2 is 1.61 bits per heavy atom. The average molecular weight is 572 g/mol. The lowest BCUT2D eigenvalue weighted by Crippen LogP contribution is -2.24. The third-order valence-corrected chi connectivity index (χ3v) is 6.58. The number of alkyl halides is 3. The summed E-state index contributed by atoms with van der Waals surface area (Å²) in [6.07, 6.45) is 7.64. The molecule has 0 unspecified atom stereocenters. The fourth-order valence-corrected chi connectivity index (χ4v) is 4.60. The Hall–Kier alpha value is -2.06. The Labute approximate surface area is 221 Å². The summed E-state index contributed by atoms with van der Waals surface area (Å²) in [4.78, 5) is 12.8. The van der Waals surface area contributed by atoms with E-state index in [0.29, 0.717) is 33.5 Å². The lowest BCUT2D eigenvalue weighted by molar-refractivity contribution is -0.137. The smallest absolute Gasteiger partial charge is 0.416 e. The van der Waals surface area contributed by atoms with E-state index in [-0.39, 0.29) is 19.1 Å². The summed E-state index contributed by atoms with van der Waals surface area (Å²) in [7, 11) is 0. The zero-order valence-electron chi connectivity index (χ0n) is 21.1. The molecule has 0 aromatic heterocycles. The molecule has 0 fully saturated rings. The minimum absolute atomic E-state index is 0.189. The predicted molar refractivity (Wildman–Crippen MR) is 143 cm³/mol. The first kappa shape index (κ1) is 30.2. The normalized spacial score (nSPS) is 11.5. The topological polar surface area (TPSA) is 64.3 Å². The van der Waals surface area contributed by atoms with Gasteiger partial charge in [0.05, 0.1) is 10.0 Å². The number of nitrogens with one attached hydrogen (secondary N) is 1. The van der Waals surface area contributed by atoms with E-state index >= 15 is 0 Å². The molecule has 0 bridgehead atoms. The van der Waals surface area contributed by atoms with Gasteiger partial charge in [-0.1, -0.05) is 76.8 Å². The van der Waals surface area contributed by atoms with Crippen molar-refractivity contribution >= 4 is 21.8 Å². The molecule has 2 aromatic rings. The molecule has 0 radical (unpaired) electrons. The maximum Gasteiger partial charge on any atom is 0.416 e. The summed E-state index contributed by atoms with van der Waals surface area (Å²) in [6, 6.07) is 8.18. The molecule has 0 saturated carbocycles. The van der Waals surface area contributed by atoms with Gasteiger partial charge in [-0.25, -0.2) is 0 Å². The van der Waals surface area contributed by atoms with Gasteiger partial charge in [0, 0.05) is 24.2 Å². The van der Waals surface area contributed by atoms with Gasteiger partial charge < -0.3 is 15.8 Å². The minimum Gasteiger partial charge on any atom is -0.490 e. The molecule has 3 N–H and O–H groups in total. The number of hydrogen-bond acceptors (Lipinski definition) is 3. The van der Waals surface area contributed by atoms with Crippen LogP contribution in [0.5, 0.6) is 5.75 Å². The van der Waals surface area contributed by atoms with Gasteiger partial charge in [-0.15, -0.1) is 0 Å². The molecule has 0 saturated heterocycles. The van der Waals surface area contributed by atoms with Gasteiger partial charge in [0.2, 0.25) is 0 Å². The number of ether oxygens (including phenoxy) is 1. The summed E-state index contributed by atoms with van der Waals surface area (Å²) < 4.78 is 46.1. The van der Waals surface area contributed by atoms with Crippen LogP contribution in [0.3, 0.4) is 0 Å². The number of nitrogens with two attached hydrogens (primary N) is 1. The summed E-state index contributed by atoms with van der Waals surface area (Å²) >= 11 is 3.42. The standard InChI is InChI=1S/C28H38BrF3N2O2/c1-2-3-4-5-6-7-8-9-10-11-16-34-27(35)22-19-24(26(25(29)20-22)36-17-15-33)21-13-12-14-23(18-21)28(30,31)32/h12-14,18-20H,2-11,15-17,33H2,1H3,(H,34,35). The monoisotopic (exact) mass is 570 g/mol. The molecule has 8 heteroatoms. The molecule has 0 atom stereocenters. The maximum absolute atomic E-state index is 13.3. The van der Waals surface area contributed by atoms with Crippen molar-refractivity contribution in [2.24, 2.45) is 5.73 Å². The van der Waals surface area contributed by atoms with E-state index in [1.807, 2.05) is 0 Å². The molecule has 2 aromatic carbocycles. The number of amides is 1. The molecule has 0 heterocycles. The zero-order chi connectivity index (χ0) is 26.4. The van der Waals surface area contributed by atoms with Gasteiger partial charge in [-0.05, 0) is 52.2 Å². The summed E-state index contributed by atoms with van der Waals surface area (Å²) in [5.74, 6) is 0.0799. The second kappa shape index (κ2) is 15.9. The number of benzene rings is 2. The third kappa shape index (κ3) is 10.1. The van der Waals surface area contributed by atoms with Gasteiger partial charge in [0.25, 0.3) is 5.91 Å². The van der Waals surface area contributed by atoms with Crippen molar-refractivity contribution in [1.29, 1.82) is 0 Å². The van der Waals surface area contributed by atoms with Crippen LogP contribution >= 0.6 is 15.9 Å². The first-order chi connectivity index (χ1) is 17.3. The van der Waals surface area contributed by atoms with E-state index in [1.54, 1.807) is 18.2 Å². The first-order valence-electron chi connectivity index (χ1n) is 12.9. The quantitative estimate of drug-likeness (QED) is 0.200. The molecule has 4 nitrogen and oxygen atoms in total. The molecule has 200 valence electrons. The maximum atomic E-state index is 13.3. The Morgan fingerprint density at radius 3 is 2.22 bits per heavy atom. The Balaban J connectivity index is 1.99. The van der Waals surface area contributed by atoms with Crippen LogP contribution in [-0.4, -0.2) is 25.6 Å². The lowest BCUT2D eigenvalue weighted by Gasteiger charge is -2.16. The highest BCUT2D eigenvalue weighted by molar-refractivity contribution is 9.10. The number of rotatable bonds is 16. The zero-order valence-corrected chi connectivity index (χ0v) is 22.6. The number of carbonyl (C=O) groups excluding carboxylic acids is 1. The molecule has 1 amide bonds. The van der Waals surface area contributed by atoms with Crippen molar-refractivity contribution in [3.05, 3.63) is 52.0 Å². The number of halogens is 4. The van der Waals surface area contributed by atoms with Crippen molar-refractivity contribution in [2.75, 3.05) is 19.7 Å². The molecular weight excluding hydrogens is 533 g/mol.